The number of aromatic nitrogens is 4. The molecule has 0 fully saturated rings. The fourth-order valence-electron chi connectivity index (χ4n) is 1.48. The van der Waals surface area contributed by atoms with Gasteiger partial charge in [-0.05, 0) is 23.4 Å². The number of amides is 1. The molecule has 2 aromatic rings. The minimum Gasteiger partial charge on any atom is -0.360 e. The Hall–Kier alpha value is -3.28. The standard InChI is InChI=1S/C12H10FN7O/c1-7(21)16-11-4-9(2-3-10(11)13)15-6-8(5-14)12-17-19-20-18-12/h2-4,6,15H,1H3,(H,16,21)(H,17,18,19,20). The average Bonchev–Trinajstić information content (AvgIpc) is 2.96. The van der Waals surface area contributed by atoms with Crippen molar-refractivity contribution in [3.8, 4) is 6.07 Å². The number of H-pyrrole nitrogens is 1. The van der Waals surface area contributed by atoms with E-state index in [0.29, 0.717) is 5.69 Å². The SMILES string of the molecule is CC(=O)Nc1cc(NC=C(C#N)c2nn[nH]n2)ccc1F. The fraction of sp³-hybridized carbons (Fsp3) is 0.0833. The first-order valence-corrected chi connectivity index (χ1v) is 5.78. The number of carbonyl (C=O) groups excluding carboxylic acids is 1. The lowest BCUT2D eigenvalue weighted by molar-refractivity contribution is -0.114. The highest BCUT2D eigenvalue weighted by atomic mass is 19.1. The van der Waals surface area contributed by atoms with Gasteiger partial charge in [-0.15, -0.1) is 10.2 Å². The second-order valence-electron chi connectivity index (χ2n) is 3.93. The van der Waals surface area contributed by atoms with Crippen LogP contribution in [0.1, 0.15) is 12.7 Å². The number of nitrogens with one attached hydrogen (secondary N) is 3. The third kappa shape index (κ3) is 3.60. The number of hydrogen-bond donors (Lipinski definition) is 3. The zero-order valence-electron chi connectivity index (χ0n) is 10.9. The van der Waals surface area contributed by atoms with Crippen LogP contribution in [0.2, 0.25) is 0 Å². The van der Waals surface area contributed by atoms with Crippen LogP contribution in [0.25, 0.3) is 5.57 Å². The summed E-state index contributed by atoms with van der Waals surface area (Å²) in [6.07, 6.45) is 1.36. The summed E-state index contributed by atoms with van der Waals surface area (Å²) >= 11 is 0. The molecule has 21 heavy (non-hydrogen) atoms. The van der Waals surface area contributed by atoms with E-state index in [0.717, 1.165) is 0 Å². The van der Waals surface area contributed by atoms with Crippen LogP contribution in [0.15, 0.2) is 24.4 Å². The molecular weight excluding hydrogens is 277 g/mol. The van der Waals surface area contributed by atoms with Crippen LogP contribution >= 0.6 is 0 Å². The minimum absolute atomic E-state index is 0.0407. The van der Waals surface area contributed by atoms with Gasteiger partial charge >= 0.3 is 0 Å². The van der Waals surface area contributed by atoms with E-state index in [1.54, 1.807) is 0 Å². The first-order valence-electron chi connectivity index (χ1n) is 5.78. The Kier molecular flexibility index (Phi) is 4.20. The minimum atomic E-state index is -0.557. The van der Waals surface area contributed by atoms with E-state index in [9.17, 15) is 9.18 Å². The molecule has 0 aliphatic heterocycles. The predicted octanol–water partition coefficient (Wildman–Crippen LogP) is 1.27. The smallest absolute Gasteiger partial charge is 0.221 e. The van der Waals surface area contributed by atoms with Gasteiger partial charge < -0.3 is 10.6 Å². The summed E-state index contributed by atoms with van der Waals surface area (Å²) in [6.45, 7) is 1.28. The van der Waals surface area contributed by atoms with Crippen LogP contribution in [0.4, 0.5) is 15.8 Å². The van der Waals surface area contributed by atoms with Crippen molar-refractivity contribution in [1.82, 2.24) is 20.6 Å². The van der Waals surface area contributed by atoms with Crippen molar-refractivity contribution in [2.75, 3.05) is 10.6 Å². The van der Waals surface area contributed by atoms with Gasteiger partial charge in [0.2, 0.25) is 11.7 Å². The Morgan fingerprint density at radius 1 is 1.52 bits per heavy atom. The maximum absolute atomic E-state index is 13.5. The molecule has 9 heteroatoms. The molecule has 0 bridgehead atoms. The number of allylic oxidation sites excluding steroid dienone is 1. The average molecular weight is 287 g/mol. The molecule has 2 rings (SSSR count). The van der Waals surface area contributed by atoms with E-state index >= 15 is 0 Å². The van der Waals surface area contributed by atoms with E-state index in [4.69, 9.17) is 5.26 Å². The summed E-state index contributed by atoms with van der Waals surface area (Å²) in [7, 11) is 0. The lowest BCUT2D eigenvalue weighted by atomic mass is 10.2. The van der Waals surface area contributed by atoms with E-state index in [1.165, 1.54) is 31.3 Å². The molecule has 0 saturated heterocycles. The van der Waals surface area contributed by atoms with Gasteiger partial charge in [0, 0.05) is 18.8 Å². The van der Waals surface area contributed by atoms with Gasteiger partial charge in [-0.25, -0.2) is 4.39 Å². The molecule has 1 aromatic carbocycles. The molecule has 0 saturated carbocycles. The van der Waals surface area contributed by atoms with Crippen LogP contribution in [0, 0.1) is 17.1 Å². The second kappa shape index (κ2) is 6.25. The van der Waals surface area contributed by atoms with Gasteiger partial charge in [-0.1, -0.05) is 0 Å². The van der Waals surface area contributed by atoms with Crippen molar-refractivity contribution in [3.63, 3.8) is 0 Å². The molecule has 1 amide bonds. The Balaban J connectivity index is 2.20. The van der Waals surface area contributed by atoms with Gasteiger partial charge in [0.1, 0.15) is 17.5 Å². The van der Waals surface area contributed by atoms with Gasteiger partial charge in [-0.2, -0.15) is 10.5 Å². The maximum Gasteiger partial charge on any atom is 0.221 e. The first-order chi connectivity index (χ1) is 10.1. The summed E-state index contributed by atoms with van der Waals surface area (Å²) in [4.78, 5) is 11.0. The normalized spacial score (nSPS) is 10.8. The largest absolute Gasteiger partial charge is 0.360 e. The summed E-state index contributed by atoms with van der Waals surface area (Å²) in [5.74, 6) is -0.807. The first kappa shape index (κ1) is 14.1. The van der Waals surface area contributed by atoms with Crippen LogP contribution in [-0.2, 0) is 4.79 Å². The third-order valence-electron chi connectivity index (χ3n) is 2.37. The van der Waals surface area contributed by atoms with Crippen LogP contribution < -0.4 is 10.6 Å². The summed E-state index contributed by atoms with van der Waals surface area (Å²) in [5, 5.41) is 27.1. The van der Waals surface area contributed by atoms with Gasteiger partial charge in [0.05, 0.1) is 5.69 Å². The quantitative estimate of drug-likeness (QED) is 0.728. The highest BCUT2D eigenvalue weighted by Gasteiger charge is 2.07. The van der Waals surface area contributed by atoms with Gasteiger partial charge in [0.25, 0.3) is 0 Å². The number of tetrazole rings is 1. The maximum atomic E-state index is 13.5. The molecule has 0 aliphatic carbocycles. The summed E-state index contributed by atoms with van der Waals surface area (Å²) < 4.78 is 13.5. The van der Waals surface area contributed by atoms with Crippen molar-refractivity contribution < 1.29 is 9.18 Å². The van der Waals surface area contributed by atoms with Crippen molar-refractivity contribution in [3.05, 3.63) is 36.0 Å². The Morgan fingerprint density at radius 3 is 2.95 bits per heavy atom. The third-order valence-corrected chi connectivity index (χ3v) is 2.37. The molecule has 1 heterocycles. The second-order valence-corrected chi connectivity index (χ2v) is 3.93. The lowest BCUT2D eigenvalue weighted by Gasteiger charge is -2.07. The number of halogens is 1. The molecule has 106 valence electrons. The van der Waals surface area contributed by atoms with Crippen LogP contribution in [0.5, 0.6) is 0 Å². The fourth-order valence-corrected chi connectivity index (χ4v) is 1.48. The molecule has 0 atom stereocenters. The molecule has 0 unspecified atom stereocenters. The molecule has 1 aromatic heterocycles. The Bertz CT molecular complexity index is 718. The van der Waals surface area contributed by atoms with Crippen molar-refractivity contribution in [2.45, 2.75) is 6.92 Å². The van der Waals surface area contributed by atoms with Gasteiger partial charge in [-0.3, -0.25) is 4.79 Å². The number of nitriles is 1. The number of hydrogen-bond acceptors (Lipinski definition) is 6. The number of carbonyl (C=O) groups is 1. The number of rotatable bonds is 4. The lowest BCUT2D eigenvalue weighted by Crippen LogP contribution is -2.07. The molecular formula is C12H10FN7O. The van der Waals surface area contributed by atoms with E-state index < -0.39 is 5.82 Å². The van der Waals surface area contributed by atoms with Crippen molar-refractivity contribution in [1.29, 1.82) is 5.26 Å². The Morgan fingerprint density at radius 2 is 2.33 bits per heavy atom. The Labute approximate surface area is 118 Å². The zero-order valence-corrected chi connectivity index (χ0v) is 10.9. The number of aromatic amines is 1. The van der Waals surface area contributed by atoms with E-state index in [2.05, 4.69) is 31.3 Å². The number of anilines is 2. The molecule has 0 spiro atoms. The van der Waals surface area contributed by atoms with E-state index in [1.807, 2.05) is 6.07 Å². The molecule has 3 N–H and O–H groups in total. The highest BCUT2D eigenvalue weighted by Crippen LogP contribution is 2.20. The summed E-state index contributed by atoms with van der Waals surface area (Å²) in [6, 6.07) is 5.96. The van der Waals surface area contributed by atoms with E-state index in [-0.39, 0.29) is 23.0 Å². The number of benzene rings is 1. The van der Waals surface area contributed by atoms with Crippen LogP contribution in [0.3, 0.4) is 0 Å². The van der Waals surface area contributed by atoms with Gasteiger partial charge in [0.15, 0.2) is 0 Å². The topological polar surface area (TPSA) is 119 Å². The number of nitrogens with zero attached hydrogens (tertiary/aromatic N) is 4. The monoisotopic (exact) mass is 287 g/mol. The zero-order chi connectivity index (χ0) is 15.2. The molecule has 0 radical (unpaired) electrons. The molecule has 0 aliphatic rings. The van der Waals surface area contributed by atoms with Crippen LogP contribution in [-0.4, -0.2) is 26.5 Å². The summed E-state index contributed by atoms with van der Waals surface area (Å²) in [5.41, 5.74) is 0.671. The highest BCUT2D eigenvalue weighted by molar-refractivity contribution is 5.89. The van der Waals surface area contributed by atoms with Crippen molar-refractivity contribution in [2.24, 2.45) is 0 Å². The van der Waals surface area contributed by atoms with Crippen molar-refractivity contribution >= 4 is 22.9 Å². The predicted molar refractivity (Wildman–Crippen MR) is 72.1 cm³/mol. The molecule has 8 nitrogen and oxygen atoms in total.